The maximum absolute atomic E-state index is 12.1. The Morgan fingerprint density at radius 1 is 0.960 bits per heavy atom. The monoisotopic (exact) mass is 341 g/mol. The quantitative estimate of drug-likeness (QED) is 0.637. The zero-order chi connectivity index (χ0) is 18.1. The molecule has 0 aliphatic rings. The van der Waals surface area contributed by atoms with Gasteiger partial charge in [-0.05, 0) is 36.2 Å². The highest BCUT2D eigenvalue weighted by molar-refractivity contribution is 5.97. The number of methoxy groups -OCH3 is 1. The van der Waals surface area contributed by atoms with Gasteiger partial charge in [-0.3, -0.25) is 9.59 Å². The first kappa shape index (κ1) is 18.5. The first-order valence-electron chi connectivity index (χ1n) is 8.14. The van der Waals surface area contributed by atoms with E-state index in [9.17, 15) is 9.59 Å². The van der Waals surface area contributed by atoms with Crippen LogP contribution >= 0.6 is 0 Å². The van der Waals surface area contributed by atoms with Crippen LogP contribution in [-0.2, 0) is 6.54 Å². The summed E-state index contributed by atoms with van der Waals surface area (Å²) in [6.07, 6.45) is 0.632. The number of para-hydroxylation sites is 1. The molecule has 2 aromatic rings. The van der Waals surface area contributed by atoms with Crippen LogP contribution in [-0.4, -0.2) is 32.0 Å². The number of hydrogen-bond acceptors (Lipinski definition) is 4. The molecule has 25 heavy (non-hydrogen) atoms. The third kappa shape index (κ3) is 5.32. The molecule has 0 bridgehead atoms. The molecular formula is C19H23N3O3. The number of rotatable bonds is 8. The van der Waals surface area contributed by atoms with E-state index in [0.717, 1.165) is 5.56 Å². The normalized spacial score (nSPS) is 10.2. The highest BCUT2D eigenvalue weighted by atomic mass is 16.5. The van der Waals surface area contributed by atoms with Crippen molar-refractivity contribution in [3.05, 3.63) is 65.2 Å². The van der Waals surface area contributed by atoms with Crippen LogP contribution in [0.1, 0.15) is 32.7 Å². The molecule has 0 saturated heterocycles. The topological polar surface area (TPSA) is 93.5 Å². The van der Waals surface area contributed by atoms with Crippen LogP contribution in [0.15, 0.2) is 48.5 Å². The Hall–Kier alpha value is -2.86. The van der Waals surface area contributed by atoms with Gasteiger partial charge < -0.3 is 21.1 Å². The molecule has 0 saturated carbocycles. The summed E-state index contributed by atoms with van der Waals surface area (Å²) in [6.45, 7) is 1.39. The van der Waals surface area contributed by atoms with E-state index in [1.165, 1.54) is 7.11 Å². The van der Waals surface area contributed by atoms with Crippen molar-refractivity contribution in [2.45, 2.75) is 13.0 Å². The van der Waals surface area contributed by atoms with Gasteiger partial charge in [0.25, 0.3) is 11.8 Å². The van der Waals surface area contributed by atoms with Gasteiger partial charge in [-0.15, -0.1) is 0 Å². The fourth-order valence-electron chi connectivity index (χ4n) is 2.31. The van der Waals surface area contributed by atoms with Crippen LogP contribution in [0.4, 0.5) is 0 Å². The molecule has 0 aliphatic heterocycles. The van der Waals surface area contributed by atoms with Gasteiger partial charge >= 0.3 is 0 Å². The second-order valence-electron chi connectivity index (χ2n) is 5.47. The molecule has 4 N–H and O–H groups in total. The Kier molecular flexibility index (Phi) is 6.98. The SMILES string of the molecule is COc1ccccc1C(=O)NCCCNC(=O)c1ccc(CN)cc1. The maximum Gasteiger partial charge on any atom is 0.255 e. The second kappa shape index (κ2) is 9.44. The predicted octanol–water partition coefficient (Wildman–Crippen LogP) is 1.70. The van der Waals surface area contributed by atoms with Gasteiger partial charge in [-0.2, -0.15) is 0 Å². The molecule has 0 fully saturated rings. The lowest BCUT2D eigenvalue weighted by Gasteiger charge is -2.09. The molecule has 6 heteroatoms. The van der Waals surface area contributed by atoms with Crippen molar-refractivity contribution in [3.8, 4) is 5.75 Å². The number of carbonyl (C=O) groups is 2. The van der Waals surface area contributed by atoms with E-state index in [0.29, 0.717) is 42.9 Å². The number of nitrogens with two attached hydrogens (primary N) is 1. The van der Waals surface area contributed by atoms with Gasteiger partial charge in [0.05, 0.1) is 12.7 Å². The molecule has 0 unspecified atom stereocenters. The molecule has 2 amide bonds. The molecule has 0 heterocycles. The summed E-state index contributed by atoms with van der Waals surface area (Å²) >= 11 is 0. The third-order valence-corrected chi connectivity index (χ3v) is 3.73. The molecule has 6 nitrogen and oxygen atoms in total. The lowest BCUT2D eigenvalue weighted by Crippen LogP contribution is -2.30. The van der Waals surface area contributed by atoms with Gasteiger partial charge in [0.15, 0.2) is 0 Å². The first-order valence-corrected chi connectivity index (χ1v) is 8.14. The molecule has 132 valence electrons. The van der Waals surface area contributed by atoms with Crippen LogP contribution < -0.4 is 21.1 Å². The fourth-order valence-corrected chi connectivity index (χ4v) is 2.31. The zero-order valence-electron chi connectivity index (χ0n) is 14.2. The number of amides is 2. The van der Waals surface area contributed by atoms with E-state index < -0.39 is 0 Å². The molecular weight excluding hydrogens is 318 g/mol. The predicted molar refractivity (Wildman–Crippen MR) is 96.6 cm³/mol. The summed E-state index contributed by atoms with van der Waals surface area (Å²) in [5, 5.41) is 5.64. The van der Waals surface area contributed by atoms with Crippen molar-refractivity contribution >= 4 is 11.8 Å². The smallest absolute Gasteiger partial charge is 0.255 e. The average molecular weight is 341 g/mol. The minimum atomic E-state index is -0.193. The Labute approximate surface area is 147 Å². The minimum Gasteiger partial charge on any atom is -0.496 e. The van der Waals surface area contributed by atoms with Crippen LogP contribution in [0, 0.1) is 0 Å². The Balaban J connectivity index is 1.72. The lowest BCUT2D eigenvalue weighted by atomic mass is 10.1. The lowest BCUT2D eigenvalue weighted by molar-refractivity contribution is 0.0949. The summed E-state index contributed by atoms with van der Waals surface area (Å²) < 4.78 is 5.17. The second-order valence-corrected chi connectivity index (χ2v) is 5.47. The molecule has 2 rings (SSSR count). The number of hydrogen-bond donors (Lipinski definition) is 3. The Bertz CT molecular complexity index is 714. The third-order valence-electron chi connectivity index (χ3n) is 3.73. The van der Waals surface area contributed by atoms with E-state index in [2.05, 4.69) is 10.6 Å². The molecule has 0 aromatic heterocycles. The van der Waals surface area contributed by atoms with Crippen molar-refractivity contribution in [2.24, 2.45) is 5.73 Å². The van der Waals surface area contributed by atoms with E-state index in [1.807, 2.05) is 18.2 Å². The number of carbonyl (C=O) groups excluding carboxylic acids is 2. The molecule has 0 radical (unpaired) electrons. The summed E-state index contributed by atoms with van der Waals surface area (Å²) in [4.78, 5) is 24.1. The number of benzene rings is 2. The summed E-state index contributed by atoms with van der Waals surface area (Å²) in [5.74, 6) is 0.204. The van der Waals surface area contributed by atoms with E-state index in [-0.39, 0.29) is 11.8 Å². The van der Waals surface area contributed by atoms with Gasteiger partial charge in [-0.1, -0.05) is 24.3 Å². The van der Waals surface area contributed by atoms with E-state index >= 15 is 0 Å². The average Bonchev–Trinajstić information content (AvgIpc) is 2.67. The van der Waals surface area contributed by atoms with Crippen molar-refractivity contribution in [1.29, 1.82) is 0 Å². The van der Waals surface area contributed by atoms with E-state index in [4.69, 9.17) is 10.5 Å². The van der Waals surface area contributed by atoms with Crippen molar-refractivity contribution in [3.63, 3.8) is 0 Å². The van der Waals surface area contributed by atoms with Crippen molar-refractivity contribution < 1.29 is 14.3 Å². The Morgan fingerprint density at radius 3 is 2.24 bits per heavy atom. The van der Waals surface area contributed by atoms with Gasteiger partial charge in [-0.25, -0.2) is 0 Å². The maximum atomic E-state index is 12.1. The first-order chi connectivity index (χ1) is 12.2. The van der Waals surface area contributed by atoms with Crippen LogP contribution in [0.5, 0.6) is 5.75 Å². The van der Waals surface area contributed by atoms with Gasteiger partial charge in [0.2, 0.25) is 0 Å². The van der Waals surface area contributed by atoms with Crippen LogP contribution in [0.2, 0.25) is 0 Å². The molecule has 0 aliphatic carbocycles. The Morgan fingerprint density at radius 2 is 1.60 bits per heavy atom. The zero-order valence-corrected chi connectivity index (χ0v) is 14.2. The standard InChI is InChI=1S/C19H23N3O3/c1-25-17-6-3-2-5-16(17)19(24)22-12-4-11-21-18(23)15-9-7-14(13-20)8-10-15/h2-3,5-10H,4,11-13,20H2,1H3,(H,21,23)(H,22,24). The number of nitrogens with one attached hydrogen (secondary N) is 2. The van der Waals surface area contributed by atoms with Gasteiger partial charge in [0, 0.05) is 25.2 Å². The van der Waals surface area contributed by atoms with E-state index in [1.54, 1.807) is 30.3 Å². The largest absolute Gasteiger partial charge is 0.496 e. The summed E-state index contributed by atoms with van der Waals surface area (Å²) in [5.41, 5.74) is 7.60. The summed E-state index contributed by atoms with van der Waals surface area (Å²) in [7, 11) is 1.53. The fraction of sp³-hybridized carbons (Fsp3) is 0.263. The van der Waals surface area contributed by atoms with Crippen LogP contribution in [0.3, 0.4) is 0 Å². The molecule has 2 aromatic carbocycles. The van der Waals surface area contributed by atoms with Gasteiger partial charge in [0.1, 0.15) is 5.75 Å². The minimum absolute atomic E-state index is 0.139. The summed E-state index contributed by atoms with van der Waals surface area (Å²) in [6, 6.07) is 14.2. The molecule has 0 spiro atoms. The van der Waals surface area contributed by atoms with Crippen molar-refractivity contribution in [1.82, 2.24) is 10.6 Å². The molecule has 0 atom stereocenters. The van der Waals surface area contributed by atoms with Crippen LogP contribution in [0.25, 0.3) is 0 Å². The highest BCUT2D eigenvalue weighted by Crippen LogP contribution is 2.16. The highest BCUT2D eigenvalue weighted by Gasteiger charge is 2.10. The van der Waals surface area contributed by atoms with Crippen molar-refractivity contribution in [2.75, 3.05) is 20.2 Å². The number of ether oxygens (including phenoxy) is 1.